The van der Waals surface area contributed by atoms with Crippen molar-refractivity contribution in [1.29, 1.82) is 0 Å². The summed E-state index contributed by atoms with van der Waals surface area (Å²) in [6, 6.07) is 4.55. The maximum atomic E-state index is 12.5. The number of nitrogens with one attached hydrogen (secondary N) is 1. The van der Waals surface area contributed by atoms with Crippen LogP contribution in [0.25, 0.3) is 0 Å². The summed E-state index contributed by atoms with van der Waals surface area (Å²) in [4.78, 5) is 25.0. The fourth-order valence-corrected chi connectivity index (χ4v) is 4.29. The van der Waals surface area contributed by atoms with Gasteiger partial charge in [0.1, 0.15) is 6.61 Å². The summed E-state index contributed by atoms with van der Waals surface area (Å²) in [7, 11) is 1.64. The molecule has 0 saturated heterocycles. The highest BCUT2D eigenvalue weighted by Crippen LogP contribution is 2.25. The van der Waals surface area contributed by atoms with Crippen LogP contribution in [-0.4, -0.2) is 155 Å². The second-order valence-electron chi connectivity index (χ2n) is 11.2. The van der Waals surface area contributed by atoms with Crippen molar-refractivity contribution < 1.29 is 67.2 Å². The van der Waals surface area contributed by atoms with E-state index in [9.17, 15) is 19.8 Å². The first-order valence-corrected chi connectivity index (χ1v) is 17.4. The molecule has 50 heavy (non-hydrogen) atoms. The fraction of sp³-hybridized carbons (Fsp3) is 0.771. The lowest BCUT2D eigenvalue weighted by Gasteiger charge is -2.18. The zero-order valence-electron chi connectivity index (χ0n) is 30.2. The van der Waals surface area contributed by atoms with Crippen molar-refractivity contribution >= 4 is 11.9 Å². The third-order valence-corrected chi connectivity index (χ3v) is 7.17. The van der Waals surface area contributed by atoms with Crippen LogP contribution in [0.2, 0.25) is 0 Å². The Bertz CT molecular complexity index is 969. The van der Waals surface area contributed by atoms with E-state index in [0.717, 1.165) is 5.56 Å². The van der Waals surface area contributed by atoms with E-state index in [-0.39, 0.29) is 42.5 Å². The van der Waals surface area contributed by atoms with Crippen molar-refractivity contribution in [3.8, 4) is 11.5 Å². The molecule has 0 bridgehead atoms. The SMILES string of the molecule is CCC(CC(C)C(=O)NCCc1ccc(O)c(O)c1)C(=O)OCCOCCOCCOCCOCCOCCOCCOCCOCCOC. The van der Waals surface area contributed by atoms with Crippen molar-refractivity contribution in [2.24, 2.45) is 11.8 Å². The Hall–Kier alpha value is -2.60. The van der Waals surface area contributed by atoms with Gasteiger partial charge in [-0.15, -0.1) is 0 Å². The molecule has 1 rings (SSSR count). The Labute approximate surface area is 297 Å². The molecule has 0 saturated carbocycles. The molecule has 0 aliphatic rings. The van der Waals surface area contributed by atoms with Crippen molar-refractivity contribution in [2.45, 2.75) is 33.1 Å². The van der Waals surface area contributed by atoms with Crippen molar-refractivity contribution in [3.05, 3.63) is 23.8 Å². The number of methoxy groups -OCH3 is 1. The number of ether oxygens (including phenoxy) is 10. The minimum atomic E-state index is -0.392. The number of esters is 1. The lowest BCUT2D eigenvalue weighted by molar-refractivity contribution is -0.151. The first-order chi connectivity index (χ1) is 24.4. The number of phenolic OH excluding ortho intramolecular Hbond substituents is 2. The quantitative estimate of drug-likeness (QED) is 0.0528. The van der Waals surface area contributed by atoms with Crippen LogP contribution in [0.1, 0.15) is 32.3 Å². The zero-order chi connectivity index (χ0) is 36.5. The highest BCUT2D eigenvalue weighted by atomic mass is 16.6. The van der Waals surface area contributed by atoms with Gasteiger partial charge >= 0.3 is 5.97 Å². The van der Waals surface area contributed by atoms with Gasteiger partial charge in [0.25, 0.3) is 0 Å². The molecule has 1 amide bonds. The Morgan fingerprint density at radius 3 is 1.46 bits per heavy atom. The predicted octanol–water partition coefficient (Wildman–Crippen LogP) is 2.13. The molecule has 3 N–H and O–H groups in total. The summed E-state index contributed by atoms with van der Waals surface area (Å²) < 4.78 is 53.7. The predicted molar refractivity (Wildman–Crippen MR) is 183 cm³/mol. The molecule has 2 unspecified atom stereocenters. The lowest BCUT2D eigenvalue weighted by Crippen LogP contribution is -2.33. The number of carbonyl (C=O) groups is 2. The standard InChI is InChI=1S/C35H61NO14/c1-4-31(27-29(2)34(39)36-8-7-30-5-6-32(37)33(38)28-30)35(40)50-26-25-49-24-23-48-22-21-47-20-19-46-18-17-45-16-15-44-14-13-43-12-11-42-10-9-41-3/h5-6,28-29,31,37-38H,4,7-27H2,1-3H3,(H,36,39). The van der Waals surface area contributed by atoms with Gasteiger partial charge in [-0.25, -0.2) is 0 Å². The summed E-state index contributed by atoms with van der Waals surface area (Å²) in [5.74, 6) is -1.65. The highest BCUT2D eigenvalue weighted by molar-refractivity contribution is 5.79. The molecular weight excluding hydrogens is 658 g/mol. The maximum absolute atomic E-state index is 12.5. The van der Waals surface area contributed by atoms with Crippen LogP contribution in [0.4, 0.5) is 0 Å². The van der Waals surface area contributed by atoms with Crippen LogP contribution in [-0.2, 0) is 63.4 Å². The number of carbonyl (C=O) groups excluding carboxylic acids is 2. The van der Waals surface area contributed by atoms with Gasteiger partial charge in [-0.05, 0) is 37.0 Å². The number of hydrogen-bond acceptors (Lipinski definition) is 14. The maximum Gasteiger partial charge on any atom is 0.309 e. The van der Waals surface area contributed by atoms with Crippen LogP contribution in [0, 0.1) is 11.8 Å². The summed E-state index contributed by atoms with van der Waals surface area (Å²) in [5, 5.41) is 21.8. The van der Waals surface area contributed by atoms with E-state index < -0.39 is 5.92 Å². The van der Waals surface area contributed by atoms with Gasteiger partial charge in [-0.2, -0.15) is 0 Å². The third kappa shape index (κ3) is 25.4. The molecule has 0 heterocycles. The summed E-state index contributed by atoms with van der Waals surface area (Å²) in [5.41, 5.74) is 0.788. The minimum absolute atomic E-state index is 0.125. The fourth-order valence-electron chi connectivity index (χ4n) is 4.29. The summed E-state index contributed by atoms with van der Waals surface area (Å²) >= 11 is 0. The van der Waals surface area contributed by atoms with Crippen molar-refractivity contribution in [3.63, 3.8) is 0 Å². The second kappa shape index (κ2) is 32.3. The van der Waals surface area contributed by atoms with E-state index in [2.05, 4.69) is 5.32 Å². The molecule has 0 aliphatic carbocycles. The summed E-state index contributed by atoms with van der Waals surface area (Å²) in [6.07, 6.45) is 1.43. The molecule has 15 nitrogen and oxygen atoms in total. The van der Waals surface area contributed by atoms with Gasteiger partial charge in [0, 0.05) is 19.6 Å². The number of amides is 1. The van der Waals surface area contributed by atoms with Crippen LogP contribution in [0.3, 0.4) is 0 Å². The largest absolute Gasteiger partial charge is 0.504 e. The molecule has 0 aliphatic heterocycles. The van der Waals surface area contributed by atoms with E-state index in [1.165, 1.54) is 12.1 Å². The van der Waals surface area contributed by atoms with E-state index in [4.69, 9.17) is 47.4 Å². The first kappa shape index (κ1) is 45.4. The van der Waals surface area contributed by atoms with E-state index in [1.807, 2.05) is 6.92 Å². The molecule has 0 aromatic heterocycles. The molecule has 290 valence electrons. The lowest BCUT2D eigenvalue weighted by atomic mass is 9.93. The molecule has 1 aromatic rings. The zero-order valence-corrected chi connectivity index (χ0v) is 30.2. The van der Waals surface area contributed by atoms with Gasteiger partial charge in [0.05, 0.1) is 118 Å². The average molecular weight is 720 g/mol. The number of benzene rings is 1. The Kier molecular flexibility index (Phi) is 29.4. The Morgan fingerprint density at radius 1 is 0.640 bits per heavy atom. The molecular formula is C35H61NO14. The van der Waals surface area contributed by atoms with Gasteiger partial charge in [-0.1, -0.05) is 19.9 Å². The Balaban J connectivity index is 1.86. The van der Waals surface area contributed by atoms with Crippen LogP contribution in [0.5, 0.6) is 11.5 Å². The van der Waals surface area contributed by atoms with Crippen LogP contribution >= 0.6 is 0 Å². The molecule has 0 radical (unpaired) electrons. The molecule has 0 fully saturated rings. The number of rotatable bonds is 35. The topological polar surface area (TPSA) is 179 Å². The van der Waals surface area contributed by atoms with Gasteiger partial charge in [0.15, 0.2) is 11.5 Å². The van der Waals surface area contributed by atoms with Crippen molar-refractivity contribution in [2.75, 3.05) is 133 Å². The van der Waals surface area contributed by atoms with Crippen LogP contribution in [0.15, 0.2) is 18.2 Å². The number of aromatic hydroxyl groups is 2. The van der Waals surface area contributed by atoms with E-state index >= 15 is 0 Å². The normalized spacial score (nSPS) is 12.5. The van der Waals surface area contributed by atoms with Crippen molar-refractivity contribution in [1.82, 2.24) is 5.32 Å². The molecule has 2 atom stereocenters. The van der Waals surface area contributed by atoms with E-state index in [1.54, 1.807) is 20.1 Å². The minimum Gasteiger partial charge on any atom is -0.504 e. The highest BCUT2D eigenvalue weighted by Gasteiger charge is 2.24. The van der Waals surface area contributed by atoms with Gasteiger partial charge < -0.3 is 62.9 Å². The second-order valence-corrected chi connectivity index (χ2v) is 11.2. The average Bonchev–Trinajstić information content (AvgIpc) is 3.11. The Morgan fingerprint density at radius 2 is 1.06 bits per heavy atom. The van der Waals surface area contributed by atoms with E-state index in [0.29, 0.717) is 132 Å². The van der Waals surface area contributed by atoms with Gasteiger partial charge in [0.2, 0.25) is 5.91 Å². The van der Waals surface area contributed by atoms with Crippen LogP contribution < -0.4 is 5.32 Å². The number of phenols is 2. The molecule has 1 aromatic carbocycles. The smallest absolute Gasteiger partial charge is 0.309 e. The molecule has 0 spiro atoms. The summed E-state index contributed by atoms with van der Waals surface area (Å²) in [6.45, 7) is 12.2. The number of hydrogen-bond donors (Lipinski definition) is 3. The van der Waals surface area contributed by atoms with Gasteiger partial charge in [-0.3, -0.25) is 9.59 Å². The first-order valence-electron chi connectivity index (χ1n) is 17.4. The monoisotopic (exact) mass is 719 g/mol. The third-order valence-electron chi connectivity index (χ3n) is 7.17. The molecule has 15 heteroatoms.